The SMILES string of the molecule is CCCCNc1cc([C@@H](C)N(C)Cc2ccccc2)ccc1C. The van der Waals surface area contributed by atoms with Crippen LogP contribution in [0.2, 0.25) is 0 Å². The lowest BCUT2D eigenvalue weighted by Gasteiger charge is -2.26. The summed E-state index contributed by atoms with van der Waals surface area (Å²) in [7, 11) is 2.20. The molecule has 2 aromatic rings. The molecule has 124 valence electrons. The van der Waals surface area contributed by atoms with Gasteiger partial charge in [0.05, 0.1) is 0 Å². The fourth-order valence-electron chi connectivity index (χ4n) is 2.75. The van der Waals surface area contributed by atoms with Crippen molar-refractivity contribution in [3.05, 3.63) is 65.2 Å². The van der Waals surface area contributed by atoms with E-state index in [0.717, 1.165) is 13.1 Å². The van der Waals surface area contributed by atoms with Gasteiger partial charge < -0.3 is 5.32 Å². The van der Waals surface area contributed by atoms with Crippen LogP contribution in [0.15, 0.2) is 48.5 Å². The van der Waals surface area contributed by atoms with Crippen molar-refractivity contribution in [3.63, 3.8) is 0 Å². The third-order valence-electron chi connectivity index (χ3n) is 4.53. The maximum absolute atomic E-state index is 3.58. The van der Waals surface area contributed by atoms with Gasteiger partial charge in [-0.15, -0.1) is 0 Å². The first-order chi connectivity index (χ1) is 11.1. The Bertz CT molecular complexity index is 592. The second-order valence-corrected chi connectivity index (χ2v) is 6.43. The fourth-order valence-corrected chi connectivity index (χ4v) is 2.75. The van der Waals surface area contributed by atoms with Crippen LogP contribution in [0, 0.1) is 6.92 Å². The van der Waals surface area contributed by atoms with Gasteiger partial charge in [-0.3, -0.25) is 4.90 Å². The van der Waals surface area contributed by atoms with E-state index < -0.39 is 0 Å². The maximum atomic E-state index is 3.58. The topological polar surface area (TPSA) is 15.3 Å². The van der Waals surface area contributed by atoms with Gasteiger partial charge in [-0.05, 0) is 50.1 Å². The quantitative estimate of drug-likeness (QED) is 0.657. The van der Waals surface area contributed by atoms with Crippen molar-refractivity contribution >= 4 is 5.69 Å². The summed E-state index contributed by atoms with van der Waals surface area (Å²) < 4.78 is 0. The average Bonchev–Trinajstić information content (AvgIpc) is 2.57. The van der Waals surface area contributed by atoms with Gasteiger partial charge in [-0.1, -0.05) is 55.8 Å². The van der Waals surface area contributed by atoms with E-state index in [1.165, 1.54) is 35.2 Å². The standard InChI is InChI=1S/C21H30N2/c1-5-6-14-22-21-15-20(13-12-17(21)2)18(3)23(4)16-19-10-8-7-9-11-19/h7-13,15,18,22H,5-6,14,16H2,1-4H3/t18-/m1/s1. The number of rotatable bonds is 8. The Morgan fingerprint density at radius 1 is 1.09 bits per heavy atom. The molecule has 2 heteroatoms. The van der Waals surface area contributed by atoms with Crippen LogP contribution in [0.3, 0.4) is 0 Å². The van der Waals surface area contributed by atoms with Gasteiger partial charge in [0.2, 0.25) is 0 Å². The fraction of sp³-hybridized carbons (Fsp3) is 0.429. The van der Waals surface area contributed by atoms with Gasteiger partial charge in [-0.2, -0.15) is 0 Å². The highest BCUT2D eigenvalue weighted by Crippen LogP contribution is 2.25. The number of benzene rings is 2. The summed E-state index contributed by atoms with van der Waals surface area (Å²) in [6, 6.07) is 17.9. The zero-order valence-electron chi connectivity index (χ0n) is 15.0. The van der Waals surface area contributed by atoms with Crippen molar-refractivity contribution in [2.75, 3.05) is 18.9 Å². The number of aryl methyl sites for hydroxylation is 1. The van der Waals surface area contributed by atoms with Gasteiger partial charge >= 0.3 is 0 Å². The molecule has 0 bridgehead atoms. The van der Waals surface area contributed by atoms with E-state index >= 15 is 0 Å². The Kier molecular flexibility index (Phi) is 6.66. The van der Waals surface area contributed by atoms with Gasteiger partial charge in [0.15, 0.2) is 0 Å². The Labute approximate surface area is 141 Å². The lowest BCUT2D eigenvalue weighted by Crippen LogP contribution is -2.22. The molecule has 0 spiro atoms. The molecule has 23 heavy (non-hydrogen) atoms. The lowest BCUT2D eigenvalue weighted by atomic mass is 10.0. The zero-order chi connectivity index (χ0) is 16.7. The number of anilines is 1. The molecule has 2 nitrogen and oxygen atoms in total. The molecule has 0 saturated heterocycles. The summed E-state index contributed by atoms with van der Waals surface area (Å²) in [6.45, 7) is 8.70. The van der Waals surface area contributed by atoms with Crippen LogP contribution >= 0.6 is 0 Å². The zero-order valence-corrected chi connectivity index (χ0v) is 15.0. The second-order valence-electron chi connectivity index (χ2n) is 6.43. The minimum atomic E-state index is 0.391. The number of nitrogens with one attached hydrogen (secondary N) is 1. The molecular formula is C21H30N2. The van der Waals surface area contributed by atoms with Gasteiger partial charge in [0.1, 0.15) is 0 Å². The Morgan fingerprint density at radius 3 is 2.52 bits per heavy atom. The number of hydrogen-bond donors (Lipinski definition) is 1. The molecular weight excluding hydrogens is 280 g/mol. The van der Waals surface area contributed by atoms with E-state index in [4.69, 9.17) is 0 Å². The monoisotopic (exact) mass is 310 g/mol. The van der Waals surface area contributed by atoms with Crippen LogP contribution in [0.1, 0.15) is 49.4 Å². The van der Waals surface area contributed by atoms with Crippen molar-refractivity contribution in [1.82, 2.24) is 4.90 Å². The van der Waals surface area contributed by atoms with E-state index in [0.29, 0.717) is 6.04 Å². The first-order valence-corrected chi connectivity index (χ1v) is 8.70. The van der Waals surface area contributed by atoms with E-state index in [2.05, 4.69) is 86.6 Å². The molecule has 0 heterocycles. The summed E-state index contributed by atoms with van der Waals surface area (Å²) in [5.41, 5.74) is 5.32. The molecule has 0 unspecified atom stereocenters. The van der Waals surface area contributed by atoms with Crippen LogP contribution in [0.4, 0.5) is 5.69 Å². The molecule has 2 rings (SSSR count). The van der Waals surface area contributed by atoms with Crippen LogP contribution in [0.25, 0.3) is 0 Å². The molecule has 0 aliphatic heterocycles. The first-order valence-electron chi connectivity index (χ1n) is 8.70. The largest absolute Gasteiger partial charge is 0.385 e. The average molecular weight is 310 g/mol. The third-order valence-corrected chi connectivity index (χ3v) is 4.53. The smallest absolute Gasteiger partial charge is 0.0373 e. The number of nitrogens with zero attached hydrogens (tertiary/aromatic N) is 1. The highest BCUT2D eigenvalue weighted by molar-refractivity contribution is 5.53. The predicted molar refractivity (Wildman–Crippen MR) is 101 cm³/mol. The van der Waals surface area contributed by atoms with E-state index in [-0.39, 0.29) is 0 Å². The maximum Gasteiger partial charge on any atom is 0.0373 e. The highest BCUT2D eigenvalue weighted by Gasteiger charge is 2.13. The number of hydrogen-bond acceptors (Lipinski definition) is 2. The van der Waals surface area contributed by atoms with Gasteiger partial charge in [0, 0.05) is 24.8 Å². The molecule has 1 atom stereocenters. The molecule has 0 radical (unpaired) electrons. The van der Waals surface area contributed by atoms with Crippen LogP contribution in [0.5, 0.6) is 0 Å². The third kappa shape index (κ3) is 5.11. The van der Waals surface area contributed by atoms with Crippen LogP contribution in [-0.4, -0.2) is 18.5 Å². The highest BCUT2D eigenvalue weighted by atomic mass is 15.1. The van der Waals surface area contributed by atoms with E-state index in [9.17, 15) is 0 Å². The van der Waals surface area contributed by atoms with Crippen molar-refractivity contribution in [3.8, 4) is 0 Å². The lowest BCUT2D eigenvalue weighted by molar-refractivity contribution is 0.253. The Morgan fingerprint density at radius 2 is 1.83 bits per heavy atom. The summed E-state index contributed by atoms with van der Waals surface area (Å²) >= 11 is 0. The molecule has 0 aliphatic rings. The minimum Gasteiger partial charge on any atom is -0.385 e. The molecule has 2 aromatic carbocycles. The normalized spacial score (nSPS) is 12.4. The molecule has 0 fully saturated rings. The molecule has 0 amide bonds. The molecule has 0 aromatic heterocycles. The van der Waals surface area contributed by atoms with Gasteiger partial charge in [-0.25, -0.2) is 0 Å². The first kappa shape index (κ1) is 17.6. The van der Waals surface area contributed by atoms with Gasteiger partial charge in [0.25, 0.3) is 0 Å². The molecule has 0 saturated carbocycles. The minimum absolute atomic E-state index is 0.391. The predicted octanol–water partition coefficient (Wildman–Crippen LogP) is 5.40. The summed E-state index contributed by atoms with van der Waals surface area (Å²) in [5.74, 6) is 0. The van der Waals surface area contributed by atoms with Crippen LogP contribution < -0.4 is 5.32 Å². The van der Waals surface area contributed by atoms with Crippen molar-refractivity contribution in [2.24, 2.45) is 0 Å². The number of unbranched alkanes of at least 4 members (excludes halogenated alkanes) is 1. The van der Waals surface area contributed by atoms with Crippen molar-refractivity contribution in [1.29, 1.82) is 0 Å². The van der Waals surface area contributed by atoms with E-state index in [1.54, 1.807) is 0 Å². The molecule has 0 aliphatic carbocycles. The Balaban J connectivity index is 2.05. The summed E-state index contributed by atoms with van der Waals surface area (Å²) in [5, 5.41) is 3.58. The van der Waals surface area contributed by atoms with Crippen molar-refractivity contribution in [2.45, 2.75) is 46.2 Å². The van der Waals surface area contributed by atoms with Crippen molar-refractivity contribution < 1.29 is 0 Å². The summed E-state index contributed by atoms with van der Waals surface area (Å²) in [6.07, 6.45) is 2.44. The van der Waals surface area contributed by atoms with Crippen LogP contribution in [-0.2, 0) is 6.54 Å². The second kappa shape index (κ2) is 8.73. The molecule has 1 N–H and O–H groups in total. The summed E-state index contributed by atoms with van der Waals surface area (Å²) in [4.78, 5) is 2.40. The van der Waals surface area contributed by atoms with E-state index in [1.807, 2.05) is 0 Å². The Hall–Kier alpha value is -1.80.